The van der Waals surface area contributed by atoms with Crippen molar-refractivity contribution in [2.45, 2.75) is 43.6 Å². The molecular formula is C27H28ClFN8O3. The molecule has 1 fully saturated rings. The maximum Gasteiger partial charge on any atom is 0.275 e. The van der Waals surface area contributed by atoms with E-state index in [-0.39, 0.29) is 47.8 Å². The smallest absolute Gasteiger partial charge is 0.275 e. The summed E-state index contributed by atoms with van der Waals surface area (Å²) in [5.74, 6) is -0.799. The van der Waals surface area contributed by atoms with E-state index in [9.17, 15) is 19.2 Å². The summed E-state index contributed by atoms with van der Waals surface area (Å²) in [5, 5.41) is 16.0. The summed E-state index contributed by atoms with van der Waals surface area (Å²) in [5.41, 5.74) is 2.31. The molecular weight excluding hydrogens is 539 g/mol. The van der Waals surface area contributed by atoms with Gasteiger partial charge in [0.05, 0.1) is 36.6 Å². The molecule has 208 valence electrons. The van der Waals surface area contributed by atoms with E-state index in [4.69, 9.17) is 21.4 Å². The van der Waals surface area contributed by atoms with E-state index in [1.54, 1.807) is 26.7 Å². The number of nitrogens with zero attached hydrogens (tertiary/aromatic N) is 7. The van der Waals surface area contributed by atoms with Gasteiger partial charge in [0.1, 0.15) is 23.0 Å². The summed E-state index contributed by atoms with van der Waals surface area (Å²) in [7, 11) is 5.11. The first-order valence-electron chi connectivity index (χ1n) is 12.7. The Morgan fingerprint density at radius 1 is 1.30 bits per heavy atom. The van der Waals surface area contributed by atoms with E-state index < -0.39 is 23.3 Å². The van der Waals surface area contributed by atoms with Gasteiger partial charge in [-0.2, -0.15) is 15.3 Å². The van der Waals surface area contributed by atoms with Gasteiger partial charge in [0.25, 0.3) is 5.91 Å². The average Bonchev–Trinajstić information content (AvgIpc) is 3.44. The number of rotatable bonds is 6. The molecule has 1 aromatic carbocycles. The third-order valence-corrected chi connectivity index (χ3v) is 7.51. The van der Waals surface area contributed by atoms with Crippen LogP contribution in [0.3, 0.4) is 0 Å². The molecule has 3 unspecified atom stereocenters. The monoisotopic (exact) mass is 566 g/mol. The number of carbonyl (C=O) groups is 2. The van der Waals surface area contributed by atoms with Crippen LogP contribution in [-0.2, 0) is 4.79 Å². The lowest BCUT2D eigenvalue weighted by Crippen LogP contribution is -2.53. The fraction of sp³-hybridized carbons (Fsp3) is 0.407. The van der Waals surface area contributed by atoms with Gasteiger partial charge in [-0.15, -0.1) is 11.6 Å². The molecule has 0 aliphatic carbocycles. The van der Waals surface area contributed by atoms with Crippen LogP contribution in [0.25, 0.3) is 5.69 Å². The van der Waals surface area contributed by atoms with Crippen molar-refractivity contribution >= 4 is 29.4 Å². The Morgan fingerprint density at radius 3 is 2.65 bits per heavy atom. The fourth-order valence-electron chi connectivity index (χ4n) is 5.32. The molecule has 2 aliphatic heterocycles. The van der Waals surface area contributed by atoms with Crippen LogP contribution in [0.2, 0.25) is 0 Å². The van der Waals surface area contributed by atoms with Gasteiger partial charge >= 0.3 is 0 Å². The largest absolute Gasteiger partial charge is 0.479 e. The number of methoxy groups -OCH3 is 1. The summed E-state index contributed by atoms with van der Waals surface area (Å²) in [6.45, 7) is 4.13. The minimum Gasteiger partial charge on any atom is -0.479 e. The highest BCUT2D eigenvalue weighted by atomic mass is 35.5. The van der Waals surface area contributed by atoms with Crippen molar-refractivity contribution in [1.29, 1.82) is 5.26 Å². The Balaban J connectivity index is 1.72. The molecule has 0 radical (unpaired) electrons. The van der Waals surface area contributed by atoms with Gasteiger partial charge in [0.2, 0.25) is 17.7 Å². The summed E-state index contributed by atoms with van der Waals surface area (Å²) in [6, 6.07) is 4.94. The molecule has 3 atom stereocenters. The second-order valence-electron chi connectivity index (χ2n) is 10.2. The van der Waals surface area contributed by atoms with E-state index in [2.05, 4.69) is 15.3 Å². The van der Waals surface area contributed by atoms with Crippen LogP contribution < -0.4 is 15.0 Å². The second-order valence-corrected chi connectivity index (χ2v) is 10.8. The molecule has 3 aromatic rings. The number of aromatic nitrogens is 4. The normalized spacial score (nSPS) is 20.4. The van der Waals surface area contributed by atoms with Gasteiger partial charge in [0, 0.05) is 26.2 Å². The number of nitriles is 1. The Kier molecular flexibility index (Phi) is 7.10. The Bertz CT molecular complexity index is 1550. The minimum atomic E-state index is -0.820. The minimum absolute atomic E-state index is 0.103. The van der Waals surface area contributed by atoms with Crippen LogP contribution in [0.5, 0.6) is 5.88 Å². The number of hydrogen-bond acceptors (Lipinski definition) is 8. The van der Waals surface area contributed by atoms with Crippen molar-refractivity contribution in [3.63, 3.8) is 0 Å². The maximum atomic E-state index is 14.9. The fourth-order valence-corrected chi connectivity index (χ4v) is 5.60. The molecule has 11 nitrogen and oxygen atoms in total. The average molecular weight is 567 g/mol. The van der Waals surface area contributed by atoms with Crippen LogP contribution in [0.4, 0.5) is 10.3 Å². The Labute approximate surface area is 235 Å². The molecule has 0 saturated carbocycles. The zero-order valence-corrected chi connectivity index (χ0v) is 23.4. The third kappa shape index (κ3) is 4.40. The summed E-state index contributed by atoms with van der Waals surface area (Å²) >= 11 is 6.29. The highest BCUT2D eigenvalue weighted by Crippen LogP contribution is 2.46. The molecule has 2 amide bonds. The van der Waals surface area contributed by atoms with Gasteiger partial charge < -0.3 is 19.9 Å². The highest BCUT2D eigenvalue weighted by molar-refractivity contribution is 6.31. The number of ether oxygens (including phenoxy) is 1. The summed E-state index contributed by atoms with van der Waals surface area (Å²) in [6.07, 6.45) is 1.81. The molecule has 5 rings (SSSR count). The highest BCUT2D eigenvalue weighted by Gasteiger charge is 2.48. The number of benzene rings is 1. The summed E-state index contributed by atoms with van der Waals surface area (Å²) < 4.78 is 22.1. The Morgan fingerprint density at radius 2 is 2.05 bits per heavy atom. The predicted molar refractivity (Wildman–Crippen MR) is 144 cm³/mol. The van der Waals surface area contributed by atoms with Gasteiger partial charge in [-0.3, -0.25) is 9.59 Å². The first kappa shape index (κ1) is 27.3. The van der Waals surface area contributed by atoms with Gasteiger partial charge in [0.15, 0.2) is 5.69 Å². The van der Waals surface area contributed by atoms with Crippen LogP contribution in [0, 0.1) is 17.1 Å². The van der Waals surface area contributed by atoms with E-state index in [1.165, 1.54) is 19.2 Å². The molecule has 0 bridgehead atoms. The van der Waals surface area contributed by atoms with Crippen LogP contribution >= 0.6 is 11.6 Å². The number of amides is 2. The Hall–Kier alpha value is -4.24. The lowest BCUT2D eigenvalue weighted by atomic mass is 9.92. The maximum absolute atomic E-state index is 14.9. The zero-order chi connectivity index (χ0) is 28.9. The zero-order valence-electron chi connectivity index (χ0n) is 22.6. The van der Waals surface area contributed by atoms with E-state index >= 15 is 0 Å². The quantitative estimate of drug-likeness (QED) is 0.451. The number of anilines is 1. The van der Waals surface area contributed by atoms with Crippen molar-refractivity contribution in [2.75, 3.05) is 32.6 Å². The van der Waals surface area contributed by atoms with Gasteiger partial charge in [-0.05, 0) is 30.0 Å². The van der Waals surface area contributed by atoms with Crippen molar-refractivity contribution in [2.24, 2.45) is 0 Å². The number of fused-ring (bicyclic) bond motifs is 1. The first-order chi connectivity index (χ1) is 19.1. The number of halogens is 2. The second kappa shape index (κ2) is 10.4. The summed E-state index contributed by atoms with van der Waals surface area (Å²) in [4.78, 5) is 38.4. The lowest BCUT2D eigenvalue weighted by molar-refractivity contribution is -0.122. The number of carbonyl (C=O) groups excluding carboxylic acids is 2. The molecule has 1 N–H and O–H groups in total. The topological polar surface area (TPSA) is 129 Å². The van der Waals surface area contributed by atoms with Crippen LogP contribution in [-0.4, -0.2) is 75.6 Å². The van der Waals surface area contributed by atoms with Crippen molar-refractivity contribution in [3.8, 4) is 17.6 Å². The first-order valence-corrected chi connectivity index (χ1v) is 13.2. The predicted octanol–water partition coefficient (Wildman–Crippen LogP) is 2.91. The molecule has 1 saturated heterocycles. The van der Waals surface area contributed by atoms with Crippen molar-refractivity contribution in [1.82, 2.24) is 30.0 Å². The number of nitrogens with one attached hydrogen (secondary N) is 1. The standard InChI is InChI=1S/C27H28ClFN8O3/c1-13(2)22-20-21(34-37(22)19-12-32-27(35(3)4)33-25(19)40-5)26(39)36(16-9-17(28)24(38)31-11-16)23(20)14-6-7-15(10-30)18(29)8-14/h6-8,12-13,16-17,23H,9,11H2,1-5H3,(H,31,38). The van der Waals surface area contributed by atoms with Gasteiger partial charge in [-0.1, -0.05) is 19.9 Å². The van der Waals surface area contributed by atoms with E-state index in [0.29, 0.717) is 28.5 Å². The number of piperidine rings is 1. The van der Waals surface area contributed by atoms with E-state index in [1.807, 2.05) is 34.0 Å². The van der Waals surface area contributed by atoms with Crippen molar-refractivity contribution in [3.05, 3.63) is 58.3 Å². The number of alkyl halides is 1. The van der Waals surface area contributed by atoms with E-state index in [0.717, 1.165) is 0 Å². The van der Waals surface area contributed by atoms with Crippen LogP contribution in [0.15, 0.2) is 24.4 Å². The molecule has 0 spiro atoms. The number of hydrogen-bond donors (Lipinski definition) is 1. The third-order valence-electron chi connectivity index (χ3n) is 7.14. The molecule has 4 heterocycles. The molecule has 13 heteroatoms. The van der Waals surface area contributed by atoms with Crippen molar-refractivity contribution < 1.29 is 18.7 Å². The molecule has 2 aromatic heterocycles. The lowest BCUT2D eigenvalue weighted by Gasteiger charge is -2.38. The SMILES string of the molecule is COc1nc(N(C)C)ncc1-n1nc2c(c1C(C)C)C(c1ccc(C#N)c(F)c1)N(C1CNC(=O)C(Cl)C1)C2=O. The molecule has 40 heavy (non-hydrogen) atoms. The molecule has 2 aliphatic rings. The van der Waals surface area contributed by atoms with Crippen LogP contribution in [0.1, 0.15) is 65.1 Å². The van der Waals surface area contributed by atoms with Gasteiger partial charge in [-0.25, -0.2) is 14.1 Å².